The first-order valence-corrected chi connectivity index (χ1v) is 8.92. The van der Waals surface area contributed by atoms with Crippen molar-refractivity contribution >= 4 is 23.8 Å². The van der Waals surface area contributed by atoms with Gasteiger partial charge in [-0.1, -0.05) is 12.1 Å². The summed E-state index contributed by atoms with van der Waals surface area (Å²) in [5, 5.41) is 0. The van der Waals surface area contributed by atoms with Gasteiger partial charge in [0.15, 0.2) is 0 Å². The second-order valence-electron chi connectivity index (χ2n) is 5.55. The second-order valence-corrected chi connectivity index (χ2v) is 6.43. The minimum absolute atomic E-state index is 0.238. The summed E-state index contributed by atoms with van der Waals surface area (Å²) < 4.78 is 13.9. The van der Waals surface area contributed by atoms with Crippen LogP contribution < -0.4 is 0 Å². The zero-order chi connectivity index (χ0) is 16.8. The Morgan fingerprint density at radius 2 is 1.91 bits per heavy atom. The Morgan fingerprint density at radius 3 is 2.52 bits per heavy atom. The topological polar surface area (TPSA) is 15.6 Å². The normalized spacial score (nSPS) is 11.2. The molecule has 2 rings (SSSR count). The summed E-state index contributed by atoms with van der Waals surface area (Å²) in [5.41, 5.74) is 3.88. The van der Waals surface area contributed by atoms with Gasteiger partial charge in [0.05, 0.1) is 12.0 Å². The number of rotatable bonds is 6. The third-order valence-electron chi connectivity index (χ3n) is 3.90. The van der Waals surface area contributed by atoms with Crippen LogP contribution in [0.4, 0.5) is 10.1 Å². The zero-order valence-electron chi connectivity index (χ0n) is 14.1. The molecule has 0 unspecified atom stereocenters. The van der Waals surface area contributed by atoms with Gasteiger partial charge < -0.3 is 4.90 Å². The molecule has 2 aromatic rings. The first-order valence-electron chi connectivity index (χ1n) is 7.70. The van der Waals surface area contributed by atoms with Crippen molar-refractivity contribution in [2.24, 2.45) is 4.99 Å². The highest BCUT2D eigenvalue weighted by atomic mass is 32.2. The van der Waals surface area contributed by atoms with E-state index in [-0.39, 0.29) is 5.82 Å². The number of aliphatic imine (C=N–C) groups is 1. The van der Waals surface area contributed by atoms with E-state index >= 15 is 0 Å². The largest absolute Gasteiger partial charge is 0.366 e. The van der Waals surface area contributed by atoms with Crippen molar-refractivity contribution in [2.45, 2.75) is 25.2 Å². The monoisotopic (exact) mass is 330 g/mol. The number of hydrogen-bond acceptors (Lipinski definition) is 2. The Hall–Kier alpha value is -1.81. The first-order chi connectivity index (χ1) is 11.0. The number of halogens is 1. The van der Waals surface area contributed by atoms with Gasteiger partial charge in [0.25, 0.3) is 0 Å². The van der Waals surface area contributed by atoms with Gasteiger partial charge in [0.1, 0.15) is 5.82 Å². The average molecular weight is 330 g/mol. The molecule has 0 atom stereocenters. The van der Waals surface area contributed by atoms with Crippen LogP contribution in [0.25, 0.3) is 0 Å². The summed E-state index contributed by atoms with van der Waals surface area (Å²) in [6.45, 7) is 4.92. The van der Waals surface area contributed by atoms with Crippen molar-refractivity contribution in [1.82, 2.24) is 4.90 Å². The molecule has 0 spiro atoms. The number of thioether (sulfide) groups is 1. The van der Waals surface area contributed by atoms with Gasteiger partial charge in [-0.3, -0.25) is 0 Å². The summed E-state index contributed by atoms with van der Waals surface area (Å²) in [6.07, 6.45) is 4.52. The van der Waals surface area contributed by atoms with E-state index in [0.29, 0.717) is 12.1 Å². The quantitative estimate of drug-likeness (QED) is 0.418. The zero-order valence-corrected chi connectivity index (χ0v) is 15.0. The van der Waals surface area contributed by atoms with Crippen LogP contribution >= 0.6 is 11.8 Å². The second kappa shape index (κ2) is 8.16. The van der Waals surface area contributed by atoms with E-state index in [1.54, 1.807) is 24.2 Å². The molecule has 0 bridgehead atoms. The maximum Gasteiger partial charge on any atom is 0.125 e. The average Bonchev–Trinajstić information content (AvgIpc) is 2.56. The molecular weight excluding hydrogens is 307 g/mol. The van der Waals surface area contributed by atoms with Gasteiger partial charge in [-0.25, -0.2) is 9.38 Å². The molecule has 23 heavy (non-hydrogen) atoms. The van der Waals surface area contributed by atoms with E-state index in [1.165, 1.54) is 16.5 Å². The van der Waals surface area contributed by atoms with Gasteiger partial charge in [0.2, 0.25) is 0 Å². The Morgan fingerprint density at radius 1 is 1.22 bits per heavy atom. The van der Waals surface area contributed by atoms with Crippen LogP contribution in [0.1, 0.15) is 23.6 Å². The van der Waals surface area contributed by atoms with Crippen LogP contribution in [0.15, 0.2) is 46.3 Å². The van der Waals surface area contributed by atoms with E-state index < -0.39 is 0 Å². The highest BCUT2D eigenvalue weighted by molar-refractivity contribution is 7.98. The van der Waals surface area contributed by atoms with Crippen molar-refractivity contribution in [3.63, 3.8) is 0 Å². The molecule has 0 aromatic heterocycles. The van der Waals surface area contributed by atoms with Gasteiger partial charge in [0, 0.05) is 18.5 Å². The Labute approximate surface area is 142 Å². The third-order valence-corrected chi connectivity index (χ3v) is 4.64. The molecule has 0 N–H and O–H groups in total. The fourth-order valence-electron chi connectivity index (χ4n) is 2.24. The lowest BCUT2D eigenvalue weighted by molar-refractivity contribution is 0.552. The molecule has 2 aromatic carbocycles. The van der Waals surface area contributed by atoms with Crippen LogP contribution in [-0.2, 0) is 6.42 Å². The van der Waals surface area contributed by atoms with Gasteiger partial charge >= 0.3 is 0 Å². The Balaban J connectivity index is 2.27. The molecule has 4 heteroatoms. The minimum Gasteiger partial charge on any atom is -0.366 e. The molecule has 0 saturated carbocycles. The van der Waals surface area contributed by atoms with Crippen LogP contribution in [-0.4, -0.2) is 31.1 Å². The van der Waals surface area contributed by atoms with Gasteiger partial charge in [-0.15, -0.1) is 11.8 Å². The van der Waals surface area contributed by atoms with E-state index in [2.05, 4.69) is 35.5 Å². The fourth-order valence-corrected chi connectivity index (χ4v) is 2.65. The molecule has 0 aliphatic heterocycles. The maximum atomic E-state index is 13.9. The third kappa shape index (κ3) is 4.83. The van der Waals surface area contributed by atoms with E-state index in [4.69, 9.17) is 0 Å². The number of nitrogens with zero attached hydrogens (tertiary/aromatic N) is 2. The number of benzene rings is 2. The smallest absolute Gasteiger partial charge is 0.125 e. The molecule has 0 heterocycles. The highest BCUT2D eigenvalue weighted by Gasteiger charge is 2.08. The summed E-state index contributed by atoms with van der Waals surface area (Å²) in [5.74, 6) is -0.238. The molecule has 0 amide bonds. The Bertz CT molecular complexity index is 681. The van der Waals surface area contributed by atoms with Crippen molar-refractivity contribution in [2.75, 3.05) is 19.8 Å². The lowest BCUT2D eigenvalue weighted by atomic mass is 9.99. The van der Waals surface area contributed by atoms with Gasteiger partial charge in [-0.2, -0.15) is 0 Å². The van der Waals surface area contributed by atoms with Gasteiger partial charge in [-0.05, 0) is 67.5 Å². The standard InChI is InChI=1S/C19H23FN2S/c1-5-22(3)13-21-19-12-17(20)11-16(14(19)2)10-15-6-8-18(23-4)9-7-15/h6-9,11-13H,5,10H2,1-4H3/b21-13+. The first kappa shape index (κ1) is 17.5. The predicted molar refractivity (Wildman–Crippen MR) is 98.6 cm³/mol. The number of hydrogen-bond donors (Lipinski definition) is 0. The molecule has 122 valence electrons. The summed E-state index contributed by atoms with van der Waals surface area (Å²) >= 11 is 1.72. The van der Waals surface area contributed by atoms with E-state index in [0.717, 1.165) is 17.7 Å². The van der Waals surface area contributed by atoms with Crippen LogP contribution in [0.2, 0.25) is 0 Å². The lowest BCUT2D eigenvalue weighted by Gasteiger charge is -2.12. The summed E-state index contributed by atoms with van der Waals surface area (Å²) in [7, 11) is 1.95. The molecule has 2 nitrogen and oxygen atoms in total. The van der Waals surface area contributed by atoms with Crippen LogP contribution in [0.5, 0.6) is 0 Å². The van der Waals surface area contributed by atoms with E-state index in [9.17, 15) is 4.39 Å². The molecule has 0 radical (unpaired) electrons. The van der Waals surface area contributed by atoms with E-state index in [1.807, 2.05) is 25.8 Å². The maximum absolute atomic E-state index is 13.9. The van der Waals surface area contributed by atoms with Crippen molar-refractivity contribution < 1.29 is 4.39 Å². The predicted octanol–water partition coefficient (Wildman–Crippen LogP) is 5.06. The SMILES string of the molecule is CCN(C)/C=N/c1cc(F)cc(Cc2ccc(SC)cc2)c1C. The molecule has 0 fully saturated rings. The van der Waals surface area contributed by atoms with Crippen molar-refractivity contribution in [3.8, 4) is 0 Å². The summed E-state index contributed by atoms with van der Waals surface area (Å²) in [4.78, 5) is 7.62. The highest BCUT2D eigenvalue weighted by Crippen LogP contribution is 2.26. The molecule has 0 aliphatic carbocycles. The van der Waals surface area contributed by atoms with Crippen molar-refractivity contribution in [1.29, 1.82) is 0 Å². The fraction of sp³-hybridized carbons (Fsp3) is 0.316. The molecule has 0 aliphatic rings. The molecular formula is C19H23FN2S. The summed E-state index contributed by atoms with van der Waals surface area (Å²) in [6, 6.07) is 11.5. The van der Waals surface area contributed by atoms with Crippen LogP contribution in [0.3, 0.4) is 0 Å². The lowest BCUT2D eigenvalue weighted by Crippen LogP contribution is -2.14. The Kier molecular flexibility index (Phi) is 6.22. The van der Waals surface area contributed by atoms with Crippen LogP contribution in [0, 0.1) is 12.7 Å². The van der Waals surface area contributed by atoms with Crippen molar-refractivity contribution in [3.05, 3.63) is 58.9 Å². The molecule has 0 saturated heterocycles. The minimum atomic E-state index is -0.238.